The van der Waals surface area contributed by atoms with Crippen molar-refractivity contribution in [3.63, 3.8) is 0 Å². The average Bonchev–Trinajstić information content (AvgIpc) is 2.04. The van der Waals surface area contributed by atoms with Crippen LogP contribution in [0.1, 0.15) is 17.2 Å². The zero-order valence-electron chi connectivity index (χ0n) is 6.69. The number of pyridine rings is 1. The van der Waals surface area contributed by atoms with Crippen molar-refractivity contribution in [2.24, 2.45) is 5.73 Å². The van der Waals surface area contributed by atoms with Crippen LogP contribution in [0.25, 0.3) is 0 Å². The van der Waals surface area contributed by atoms with E-state index in [0.717, 1.165) is 5.56 Å². The molecule has 0 saturated heterocycles. The van der Waals surface area contributed by atoms with Crippen LogP contribution >= 0.6 is 0 Å². The minimum atomic E-state index is -1.04. The van der Waals surface area contributed by atoms with Gasteiger partial charge in [-0.25, -0.2) is 0 Å². The first-order chi connectivity index (χ1) is 5.63. The Morgan fingerprint density at radius 1 is 1.75 bits per heavy atom. The lowest BCUT2D eigenvalue weighted by molar-refractivity contribution is -0.138. The molecule has 1 heterocycles. The summed E-state index contributed by atoms with van der Waals surface area (Å²) in [6.45, 7) is 1.81. The number of carboxylic acid groups (broad SMARTS) is 1. The van der Waals surface area contributed by atoms with Gasteiger partial charge in [-0.15, -0.1) is 0 Å². The van der Waals surface area contributed by atoms with E-state index in [4.69, 9.17) is 10.8 Å². The summed E-state index contributed by atoms with van der Waals surface area (Å²) < 4.78 is 0. The van der Waals surface area contributed by atoms with E-state index >= 15 is 0 Å². The first kappa shape index (κ1) is 8.67. The molecule has 0 saturated carbocycles. The van der Waals surface area contributed by atoms with Gasteiger partial charge in [0.15, 0.2) is 0 Å². The third-order valence-corrected chi connectivity index (χ3v) is 1.68. The molecule has 0 aliphatic rings. The van der Waals surface area contributed by atoms with E-state index in [1.54, 1.807) is 19.2 Å². The van der Waals surface area contributed by atoms with Crippen molar-refractivity contribution in [1.29, 1.82) is 0 Å². The van der Waals surface area contributed by atoms with Crippen LogP contribution in [0.5, 0.6) is 0 Å². The smallest absolute Gasteiger partial charge is 0.325 e. The van der Waals surface area contributed by atoms with Crippen LogP contribution in [0.15, 0.2) is 18.5 Å². The summed E-state index contributed by atoms with van der Waals surface area (Å²) in [6.07, 6.45) is 3.08. The molecule has 0 bridgehead atoms. The summed E-state index contributed by atoms with van der Waals surface area (Å²) in [5, 5.41) is 8.61. The zero-order valence-corrected chi connectivity index (χ0v) is 6.69. The maximum absolute atomic E-state index is 10.5. The Morgan fingerprint density at radius 3 is 2.92 bits per heavy atom. The van der Waals surface area contributed by atoms with Crippen molar-refractivity contribution >= 4 is 5.97 Å². The minimum Gasteiger partial charge on any atom is -0.480 e. The maximum Gasteiger partial charge on any atom is 0.325 e. The highest BCUT2D eigenvalue weighted by Crippen LogP contribution is 2.13. The van der Waals surface area contributed by atoms with Gasteiger partial charge in [0.25, 0.3) is 0 Å². The van der Waals surface area contributed by atoms with E-state index in [2.05, 4.69) is 4.98 Å². The Labute approximate surface area is 70.0 Å². The lowest BCUT2D eigenvalue weighted by Crippen LogP contribution is -2.21. The van der Waals surface area contributed by atoms with Crippen molar-refractivity contribution in [1.82, 2.24) is 4.98 Å². The highest BCUT2D eigenvalue weighted by atomic mass is 16.4. The Morgan fingerprint density at radius 2 is 2.42 bits per heavy atom. The second kappa shape index (κ2) is 3.32. The van der Waals surface area contributed by atoms with Crippen molar-refractivity contribution in [2.75, 3.05) is 0 Å². The zero-order chi connectivity index (χ0) is 9.14. The van der Waals surface area contributed by atoms with Gasteiger partial charge >= 0.3 is 5.97 Å². The number of carbonyl (C=O) groups is 1. The predicted octanol–water partition coefficient (Wildman–Crippen LogP) is 0.474. The van der Waals surface area contributed by atoms with Crippen LogP contribution in [0.2, 0.25) is 0 Å². The molecule has 1 atom stereocenters. The first-order valence-corrected chi connectivity index (χ1v) is 3.52. The third kappa shape index (κ3) is 1.60. The van der Waals surface area contributed by atoms with Crippen LogP contribution in [0.4, 0.5) is 0 Å². The SMILES string of the molecule is Cc1ccncc1[C@H](N)C(=O)O. The van der Waals surface area contributed by atoms with Crippen LogP contribution < -0.4 is 5.73 Å². The van der Waals surface area contributed by atoms with Gasteiger partial charge in [0.05, 0.1) is 0 Å². The van der Waals surface area contributed by atoms with Crippen molar-refractivity contribution < 1.29 is 9.90 Å². The van der Waals surface area contributed by atoms with E-state index in [1.165, 1.54) is 6.20 Å². The van der Waals surface area contributed by atoms with E-state index in [1.807, 2.05) is 0 Å². The number of hydrogen-bond donors (Lipinski definition) is 2. The Balaban J connectivity index is 3.02. The second-order valence-corrected chi connectivity index (χ2v) is 2.55. The molecule has 64 valence electrons. The molecular weight excluding hydrogens is 156 g/mol. The van der Waals surface area contributed by atoms with E-state index < -0.39 is 12.0 Å². The van der Waals surface area contributed by atoms with Gasteiger partial charge in [-0.2, -0.15) is 0 Å². The maximum atomic E-state index is 10.5. The molecule has 3 N–H and O–H groups in total. The Bertz CT molecular complexity index is 299. The summed E-state index contributed by atoms with van der Waals surface area (Å²) in [7, 11) is 0. The summed E-state index contributed by atoms with van der Waals surface area (Å²) in [4.78, 5) is 14.3. The highest BCUT2D eigenvalue weighted by Gasteiger charge is 2.15. The number of nitrogens with zero attached hydrogens (tertiary/aromatic N) is 1. The Kier molecular flexibility index (Phi) is 2.40. The largest absolute Gasteiger partial charge is 0.480 e. The van der Waals surface area contributed by atoms with Gasteiger partial charge in [0.2, 0.25) is 0 Å². The molecule has 1 aromatic heterocycles. The molecule has 0 spiro atoms. The monoisotopic (exact) mass is 166 g/mol. The summed E-state index contributed by atoms with van der Waals surface area (Å²) in [5.74, 6) is -1.04. The molecule has 4 nitrogen and oxygen atoms in total. The second-order valence-electron chi connectivity index (χ2n) is 2.55. The predicted molar refractivity (Wildman–Crippen MR) is 43.5 cm³/mol. The van der Waals surface area contributed by atoms with Crippen molar-refractivity contribution in [3.05, 3.63) is 29.6 Å². The highest BCUT2D eigenvalue weighted by molar-refractivity contribution is 5.75. The van der Waals surface area contributed by atoms with Gasteiger partial charge in [-0.05, 0) is 18.6 Å². The summed E-state index contributed by atoms with van der Waals surface area (Å²) >= 11 is 0. The number of carboxylic acids is 1. The van der Waals surface area contributed by atoms with Crippen LogP contribution in [0, 0.1) is 6.92 Å². The molecule has 1 rings (SSSR count). The van der Waals surface area contributed by atoms with Crippen LogP contribution in [-0.2, 0) is 4.79 Å². The topological polar surface area (TPSA) is 76.2 Å². The van der Waals surface area contributed by atoms with Gasteiger partial charge in [0, 0.05) is 18.0 Å². The number of aryl methyl sites for hydroxylation is 1. The molecule has 0 unspecified atom stereocenters. The van der Waals surface area contributed by atoms with Gasteiger partial charge in [-0.1, -0.05) is 0 Å². The number of aromatic nitrogens is 1. The van der Waals surface area contributed by atoms with E-state index in [0.29, 0.717) is 5.56 Å². The summed E-state index contributed by atoms with van der Waals surface area (Å²) in [5.41, 5.74) is 6.81. The lowest BCUT2D eigenvalue weighted by Gasteiger charge is -2.08. The van der Waals surface area contributed by atoms with E-state index in [-0.39, 0.29) is 0 Å². The normalized spacial score (nSPS) is 12.5. The van der Waals surface area contributed by atoms with Gasteiger partial charge in [0.1, 0.15) is 6.04 Å². The molecule has 0 radical (unpaired) electrons. The molecule has 1 aromatic rings. The molecule has 0 aromatic carbocycles. The van der Waals surface area contributed by atoms with Crippen LogP contribution in [-0.4, -0.2) is 16.1 Å². The van der Waals surface area contributed by atoms with E-state index in [9.17, 15) is 4.79 Å². The molecule has 0 fully saturated rings. The van der Waals surface area contributed by atoms with Crippen LogP contribution in [0.3, 0.4) is 0 Å². The number of aliphatic carboxylic acids is 1. The molecule has 12 heavy (non-hydrogen) atoms. The van der Waals surface area contributed by atoms with Crippen molar-refractivity contribution in [2.45, 2.75) is 13.0 Å². The number of nitrogens with two attached hydrogens (primary N) is 1. The quantitative estimate of drug-likeness (QED) is 0.669. The minimum absolute atomic E-state index is 0.560. The van der Waals surface area contributed by atoms with Crippen molar-refractivity contribution in [3.8, 4) is 0 Å². The average molecular weight is 166 g/mol. The molecule has 4 heteroatoms. The molecular formula is C8H10N2O2. The summed E-state index contributed by atoms with van der Waals surface area (Å²) in [6, 6.07) is 0.761. The molecule has 0 aliphatic heterocycles. The Hall–Kier alpha value is -1.42. The standard InChI is InChI=1S/C8H10N2O2/c1-5-2-3-10-4-6(5)7(9)8(11)12/h2-4,7H,9H2,1H3,(H,11,12)/t7-/m0/s1. The lowest BCUT2D eigenvalue weighted by atomic mass is 10.1. The fourth-order valence-electron chi connectivity index (χ4n) is 0.935. The first-order valence-electron chi connectivity index (χ1n) is 3.52. The van der Waals surface area contributed by atoms with Gasteiger partial charge in [-0.3, -0.25) is 9.78 Å². The fourth-order valence-corrected chi connectivity index (χ4v) is 0.935. The number of hydrogen-bond acceptors (Lipinski definition) is 3. The number of rotatable bonds is 2. The van der Waals surface area contributed by atoms with Gasteiger partial charge < -0.3 is 10.8 Å². The molecule has 0 aliphatic carbocycles. The fraction of sp³-hybridized carbons (Fsp3) is 0.250. The molecule has 0 amide bonds. The third-order valence-electron chi connectivity index (χ3n) is 1.68.